The summed E-state index contributed by atoms with van der Waals surface area (Å²) in [5.74, 6) is 1.03. The lowest BCUT2D eigenvalue weighted by Crippen LogP contribution is -2.30. The molecular weight excluding hydrogens is 480 g/mol. The summed E-state index contributed by atoms with van der Waals surface area (Å²) in [6.07, 6.45) is 1.76. The predicted molar refractivity (Wildman–Crippen MR) is 136 cm³/mol. The van der Waals surface area contributed by atoms with Crippen molar-refractivity contribution in [2.75, 3.05) is 26.3 Å². The van der Waals surface area contributed by atoms with Crippen LogP contribution in [0.15, 0.2) is 77.3 Å². The van der Waals surface area contributed by atoms with Crippen LogP contribution in [0.4, 0.5) is 0 Å². The molecule has 0 aliphatic rings. The Morgan fingerprint density at radius 1 is 0.848 bits per heavy atom. The van der Waals surface area contributed by atoms with E-state index in [2.05, 4.69) is 50.8 Å². The molecule has 5 nitrogen and oxygen atoms in total. The first-order valence-electron chi connectivity index (χ1n) is 11.3. The van der Waals surface area contributed by atoms with Crippen LogP contribution in [0.2, 0.25) is 0 Å². The van der Waals surface area contributed by atoms with Crippen molar-refractivity contribution >= 4 is 21.8 Å². The molecule has 33 heavy (non-hydrogen) atoms. The Morgan fingerprint density at radius 2 is 1.45 bits per heavy atom. The second-order valence-electron chi connectivity index (χ2n) is 7.61. The van der Waals surface area contributed by atoms with Gasteiger partial charge in [0.25, 0.3) is 5.91 Å². The van der Waals surface area contributed by atoms with E-state index < -0.39 is 0 Å². The SMILES string of the molecule is CCOc1cc(CNCCc2ccccc2)c(Br)cc1OCC(=O)NCCc1ccccc1. The molecule has 0 fully saturated rings. The van der Waals surface area contributed by atoms with Crippen LogP contribution in [-0.4, -0.2) is 32.2 Å². The molecule has 2 N–H and O–H groups in total. The summed E-state index contributed by atoms with van der Waals surface area (Å²) in [6.45, 7) is 4.54. The third kappa shape index (κ3) is 8.56. The Labute approximate surface area is 204 Å². The smallest absolute Gasteiger partial charge is 0.257 e. The molecule has 0 heterocycles. The van der Waals surface area contributed by atoms with Gasteiger partial charge in [0.2, 0.25) is 0 Å². The summed E-state index contributed by atoms with van der Waals surface area (Å²) in [6, 6.07) is 24.3. The monoisotopic (exact) mass is 510 g/mol. The van der Waals surface area contributed by atoms with Crippen LogP contribution in [0, 0.1) is 0 Å². The first-order chi connectivity index (χ1) is 16.2. The fraction of sp³-hybridized carbons (Fsp3) is 0.296. The Bertz CT molecular complexity index is 997. The Morgan fingerprint density at radius 3 is 2.09 bits per heavy atom. The maximum atomic E-state index is 12.2. The van der Waals surface area contributed by atoms with E-state index in [-0.39, 0.29) is 12.5 Å². The quantitative estimate of drug-likeness (QED) is 0.320. The van der Waals surface area contributed by atoms with Gasteiger partial charge in [-0.05, 0) is 55.1 Å². The summed E-state index contributed by atoms with van der Waals surface area (Å²) < 4.78 is 12.5. The summed E-state index contributed by atoms with van der Waals surface area (Å²) in [5, 5.41) is 6.38. The number of carbonyl (C=O) groups excluding carboxylic acids is 1. The highest BCUT2D eigenvalue weighted by Gasteiger charge is 2.13. The lowest BCUT2D eigenvalue weighted by Gasteiger charge is -2.15. The number of rotatable bonds is 13. The summed E-state index contributed by atoms with van der Waals surface area (Å²) in [7, 11) is 0. The Kier molecular flexibility index (Phi) is 10.3. The van der Waals surface area contributed by atoms with Crippen LogP contribution >= 0.6 is 15.9 Å². The van der Waals surface area contributed by atoms with E-state index in [1.807, 2.05) is 55.5 Å². The Hall–Kier alpha value is -2.83. The zero-order chi connectivity index (χ0) is 23.3. The second kappa shape index (κ2) is 13.7. The molecular formula is C27H31BrN2O3. The topological polar surface area (TPSA) is 59.6 Å². The van der Waals surface area contributed by atoms with Gasteiger partial charge < -0.3 is 20.1 Å². The van der Waals surface area contributed by atoms with E-state index in [0.717, 1.165) is 29.4 Å². The van der Waals surface area contributed by atoms with Gasteiger partial charge in [-0.1, -0.05) is 76.6 Å². The molecule has 0 aliphatic carbocycles. The van der Waals surface area contributed by atoms with Gasteiger partial charge in [0.1, 0.15) is 0 Å². The highest BCUT2D eigenvalue weighted by molar-refractivity contribution is 9.10. The van der Waals surface area contributed by atoms with Crippen molar-refractivity contribution in [1.82, 2.24) is 10.6 Å². The largest absolute Gasteiger partial charge is 0.490 e. The summed E-state index contributed by atoms with van der Waals surface area (Å²) >= 11 is 3.63. The molecule has 3 rings (SSSR count). The van der Waals surface area contributed by atoms with E-state index in [1.165, 1.54) is 11.1 Å². The third-order valence-corrected chi connectivity index (χ3v) is 5.84. The highest BCUT2D eigenvalue weighted by Crippen LogP contribution is 2.34. The van der Waals surface area contributed by atoms with Crippen molar-refractivity contribution in [2.24, 2.45) is 0 Å². The van der Waals surface area contributed by atoms with Crippen molar-refractivity contribution < 1.29 is 14.3 Å². The standard InChI is InChI=1S/C27H31BrN2O3/c1-2-32-25-17-23(19-29-15-13-21-9-5-3-6-10-21)24(28)18-26(25)33-20-27(31)30-16-14-22-11-7-4-8-12-22/h3-12,17-18,29H,2,13-16,19-20H2,1H3,(H,30,31). The number of nitrogens with one attached hydrogen (secondary N) is 2. The van der Waals surface area contributed by atoms with Crippen molar-refractivity contribution in [3.05, 3.63) is 94.0 Å². The minimum absolute atomic E-state index is 0.0595. The molecule has 0 saturated carbocycles. The minimum Gasteiger partial charge on any atom is -0.490 e. The number of amides is 1. The number of hydrogen-bond donors (Lipinski definition) is 2. The van der Waals surface area contributed by atoms with Gasteiger partial charge >= 0.3 is 0 Å². The van der Waals surface area contributed by atoms with Gasteiger partial charge in [-0.3, -0.25) is 4.79 Å². The molecule has 0 aliphatic heterocycles. The highest BCUT2D eigenvalue weighted by atomic mass is 79.9. The van der Waals surface area contributed by atoms with E-state index in [0.29, 0.717) is 31.2 Å². The Balaban J connectivity index is 1.48. The number of benzene rings is 3. The van der Waals surface area contributed by atoms with Crippen LogP contribution < -0.4 is 20.1 Å². The average molecular weight is 511 g/mol. The van der Waals surface area contributed by atoms with Crippen LogP contribution in [0.5, 0.6) is 11.5 Å². The molecule has 0 atom stereocenters. The molecule has 0 saturated heterocycles. The van der Waals surface area contributed by atoms with Gasteiger partial charge in [-0.2, -0.15) is 0 Å². The summed E-state index contributed by atoms with van der Waals surface area (Å²) in [5.41, 5.74) is 3.57. The number of ether oxygens (including phenoxy) is 2. The minimum atomic E-state index is -0.156. The maximum absolute atomic E-state index is 12.2. The van der Waals surface area contributed by atoms with Gasteiger partial charge in [-0.15, -0.1) is 0 Å². The van der Waals surface area contributed by atoms with Crippen molar-refractivity contribution in [3.8, 4) is 11.5 Å². The molecule has 0 bridgehead atoms. The normalized spacial score (nSPS) is 10.6. The van der Waals surface area contributed by atoms with E-state index in [1.54, 1.807) is 0 Å². The van der Waals surface area contributed by atoms with Crippen molar-refractivity contribution in [3.63, 3.8) is 0 Å². The molecule has 0 aromatic heterocycles. The molecule has 0 unspecified atom stereocenters. The molecule has 0 spiro atoms. The molecule has 0 radical (unpaired) electrons. The van der Waals surface area contributed by atoms with Crippen molar-refractivity contribution in [1.29, 1.82) is 0 Å². The van der Waals surface area contributed by atoms with E-state index >= 15 is 0 Å². The number of hydrogen-bond acceptors (Lipinski definition) is 4. The van der Waals surface area contributed by atoms with Gasteiger partial charge in [0.15, 0.2) is 18.1 Å². The molecule has 1 amide bonds. The van der Waals surface area contributed by atoms with Crippen LogP contribution in [0.3, 0.4) is 0 Å². The van der Waals surface area contributed by atoms with Crippen LogP contribution in [0.1, 0.15) is 23.6 Å². The first-order valence-corrected chi connectivity index (χ1v) is 12.1. The maximum Gasteiger partial charge on any atom is 0.257 e. The fourth-order valence-electron chi connectivity index (χ4n) is 3.38. The van der Waals surface area contributed by atoms with Crippen LogP contribution in [0.25, 0.3) is 0 Å². The zero-order valence-corrected chi connectivity index (χ0v) is 20.6. The molecule has 174 valence electrons. The van der Waals surface area contributed by atoms with E-state index in [9.17, 15) is 4.79 Å². The van der Waals surface area contributed by atoms with E-state index in [4.69, 9.17) is 9.47 Å². The third-order valence-electron chi connectivity index (χ3n) is 5.10. The number of carbonyl (C=O) groups is 1. The zero-order valence-electron chi connectivity index (χ0n) is 19.0. The predicted octanol–water partition coefficient (Wildman–Crippen LogP) is 4.92. The molecule has 3 aromatic rings. The van der Waals surface area contributed by atoms with Gasteiger partial charge in [0, 0.05) is 17.6 Å². The van der Waals surface area contributed by atoms with Crippen molar-refractivity contribution in [2.45, 2.75) is 26.3 Å². The van der Waals surface area contributed by atoms with Crippen LogP contribution in [-0.2, 0) is 24.2 Å². The number of halogens is 1. The average Bonchev–Trinajstić information content (AvgIpc) is 2.84. The fourth-order valence-corrected chi connectivity index (χ4v) is 3.84. The summed E-state index contributed by atoms with van der Waals surface area (Å²) in [4.78, 5) is 12.2. The lowest BCUT2D eigenvalue weighted by atomic mass is 10.1. The van der Waals surface area contributed by atoms with Gasteiger partial charge in [-0.25, -0.2) is 0 Å². The second-order valence-corrected chi connectivity index (χ2v) is 8.46. The molecule has 3 aromatic carbocycles. The molecule has 6 heteroatoms. The van der Waals surface area contributed by atoms with Gasteiger partial charge in [0.05, 0.1) is 6.61 Å². The lowest BCUT2D eigenvalue weighted by molar-refractivity contribution is -0.123. The first kappa shape index (κ1) is 24.8.